The lowest BCUT2D eigenvalue weighted by Crippen LogP contribution is -2.57. The number of piperidine rings is 1. The minimum absolute atomic E-state index is 0.0266. The van der Waals surface area contributed by atoms with Gasteiger partial charge in [-0.3, -0.25) is 0 Å². The van der Waals surface area contributed by atoms with Gasteiger partial charge in [0.05, 0.1) is 12.6 Å². The van der Waals surface area contributed by atoms with Gasteiger partial charge < -0.3 is 24.8 Å². The van der Waals surface area contributed by atoms with E-state index in [1.165, 1.54) is 0 Å². The Bertz CT molecular complexity index is 476. The van der Waals surface area contributed by atoms with Crippen LogP contribution in [0, 0.1) is 0 Å². The highest BCUT2D eigenvalue weighted by Gasteiger charge is 2.29. The molecule has 0 saturated carbocycles. The van der Waals surface area contributed by atoms with Gasteiger partial charge in [0.15, 0.2) is 0 Å². The summed E-state index contributed by atoms with van der Waals surface area (Å²) in [5.74, 6) is 0. The van der Waals surface area contributed by atoms with E-state index in [1.807, 2.05) is 4.90 Å². The van der Waals surface area contributed by atoms with Crippen molar-refractivity contribution in [1.82, 2.24) is 20.0 Å². The van der Waals surface area contributed by atoms with E-state index >= 15 is 0 Å². The Morgan fingerprint density at radius 1 is 0.962 bits per heavy atom. The van der Waals surface area contributed by atoms with Crippen LogP contribution in [-0.2, 0) is 4.74 Å². The molecule has 2 rings (SSSR count). The number of likely N-dealkylation sites (tertiary alicyclic amines) is 1. The topological polar surface area (TPSA) is 65.1 Å². The molecule has 2 fully saturated rings. The second kappa shape index (κ2) is 9.29. The van der Waals surface area contributed by atoms with Crippen LogP contribution in [0.25, 0.3) is 0 Å². The molecular formula is C16H27F3N4O3. The van der Waals surface area contributed by atoms with E-state index < -0.39 is 18.8 Å². The average molecular weight is 380 g/mol. The zero-order chi connectivity index (χ0) is 19.2. The Kier molecular flexibility index (Phi) is 7.36. The summed E-state index contributed by atoms with van der Waals surface area (Å²) in [5, 5.41) is 2.62. The molecule has 1 unspecified atom stereocenters. The Morgan fingerprint density at radius 3 is 2.08 bits per heavy atom. The SMILES string of the molecule is CC(COCC(F)(F)F)NC(=O)N1CCN(C(=O)N2CCCCC2)CC1. The normalized spacial score (nSPS) is 20.1. The summed E-state index contributed by atoms with van der Waals surface area (Å²) in [6, 6.07) is -0.852. The van der Waals surface area contributed by atoms with Crippen LogP contribution in [-0.4, -0.2) is 91.5 Å². The molecule has 2 heterocycles. The van der Waals surface area contributed by atoms with Crippen molar-refractivity contribution in [2.45, 2.75) is 38.4 Å². The quantitative estimate of drug-likeness (QED) is 0.810. The van der Waals surface area contributed by atoms with Crippen molar-refractivity contribution in [1.29, 1.82) is 0 Å². The van der Waals surface area contributed by atoms with Crippen molar-refractivity contribution in [2.75, 3.05) is 52.5 Å². The second-order valence-corrected chi connectivity index (χ2v) is 6.79. The lowest BCUT2D eigenvalue weighted by atomic mass is 10.1. The fraction of sp³-hybridized carbons (Fsp3) is 0.875. The molecule has 0 spiro atoms. The molecule has 7 nitrogen and oxygen atoms in total. The summed E-state index contributed by atoms with van der Waals surface area (Å²) >= 11 is 0. The third-order valence-electron chi connectivity index (χ3n) is 4.47. The van der Waals surface area contributed by atoms with E-state index in [4.69, 9.17) is 0 Å². The van der Waals surface area contributed by atoms with Crippen molar-refractivity contribution in [3.63, 3.8) is 0 Å². The van der Waals surface area contributed by atoms with Gasteiger partial charge in [-0.15, -0.1) is 0 Å². The smallest absolute Gasteiger partial charge is 0.370 e. The zero-order valence-electron chi connectivity index (χ0n) is 15.1. The molecule has 0 aromatic carbocycles. The Labute approximate surface area is 151 Å². The standard InChI is InChI=1S/C16H27F3N4O3/c1-13(11-26-12-16(17,18)19)20-14(24)21-7-9-23(10-8-21)15(25)22-5-3-2-4-6-22/h13H,2-12H2,1H3,(H,20,24). The summed E-state index contributed by atoms with van der Waals surface area (Å²) in [4.78, 5) is 29.8. The molecule has 0 aromatic rings. The van der Waals surface area contributed by atoms with Crippen molar-refractivity contribution in [3.05, 3.63) is 0 Å². The highest BCUT2D eigenvalue weighted by atomic mass is 19.4. The fourth-order valence-electron chi connectivity index (χ4n) is 3.08. The number of nitrogens with zero attached hydrogens (tertiary/aromatic N) is 3. The highest BCUT2D eigenvalue weighted by molar-refractivity contribution is 5.77. The first-order valence-corrected chi connectivity index (χ1v) is 9.00. The van der Waals surface area contributed by atoms with Crippen molar-refractivity contribution in [2.24, 2.45) is 0 Å². The maximum atomic E-state index is 12.4. The third-order valence-corrected chi connectivity index (χ3v) is 4.47. The van der Waals surface area contributed by atoms with E-state index in [2.05, 4.69) is 10.1 Å². The number of piperazine rings is 1. The van der Waals surface area contributed by atoms with Crippen LogP contribution in [0.5, 0.6) is 0 Å². The molecular weight excluding hydrogens is 353 g/mol. The molecule has 4 amide bonds. The van der Waals surface area contributed by atoms with Crippen LogP contribution >= 0.6 is 0 Å². The van der Waals surface area contributed by atoms with Gasteiger partial charge in [0, 0.05) is 39.3 Å². The van der Waals surface area contributed by atoms with E-state index in [1.54, 1.807) is 16.7 Å². The maximum absolute atomic E-state index is 12.4. The van der Waals surface area contributed by atoms with E-state index in [0.717, 1.165) is 32.4 Å². The van der Waals surface area contributed by atoms with Crippen molar-refractivity contribution in [3.8, 4) is 0 Å². The molecule has 0 bridgehead atoms. The van der Waals surface area contributed by atoms with E-state index in [-0.39, 0.29) is 18.7 Å². The van der Waals surface area contributed by atoms with Crippen LogP contribution in [0.1, 0.15) is 26.2 Å². The highest BCUT2D eigenvalue weighted by Crippen LogP contribution is 2.15. The number of ether oxygens (including phenoxy) is 1. The predicted molar refractivity (Wildman–Crippen MR) is 88.8 cm³/mol. The molecule has 0 aromatic heterocycles. The number of urea groups is 2. The maximum Gasteiger partial charge on any atom is 0.411 e. The summed E-state index contributed by atoms with van der Waals surface area (Å²) in [6.07, 6.45) is -1.16. The lowest BCUT2D eigenvalue weighted by Gasteiger charge is -2.38. The van der Waals surface area contributed by atoms with Gasteiger partial charge in [0.1, 0.15) is 6.61 Å². The first kappa shape index (κ1) is 20.6. The molecule has 2 saturated heterocycles. The van der Waals surface area contributed by atoms with Crippen molar-refractivity contribution >= 4 is 12.1 Å². The molecule has 2 aliphatic rings. The number of halogens is 3. The number of hydrogen-bond donors (Lipinski definition) is 1. The van der Waals surface area contributed by atoms with E-state index in [9.17, 15) is 22.8 Å². The third kappa shape index (κ3) is 6.54. The molecule has 1 atom stereocenters. The van der Waals surface area contributed by atoms with Gasteiger partial charge >= 0.3 is 18.2 Å². The van der Waals surface area contributed by atoms with Crippen molar-refractivity contribution < 1.29 is 27.5 Å². The van der Waals surface area contributed by atoms with Crippen LogP contribution in [0.15, 0.2) is 0 Å². The first-order valence-electron chi connectivity index (χ1n) is 9.00. The molecule has 2 aliphatic heterocycles. The van der Waals surface area contributed by atoms with Gasteiger partial charge in [0.25, 0.3) is 0 Å². The fourth-order valence-corrected chi connectivity index (χ4v) is 3.08. The average Bonchev–Trinajstić information content (AvgIpc) is 2.61. The summed E-state index contributed by atoms with van der Waals surface area (Å²) in [6.45, 7) is 3.35. The lowest BCUT2D eigenvalue weighted by molar-refractivity contribution is -0.174. The molecule has 150 valence electrons. The monoisotopic (exact) mass is 380 g/mol. The molecule has 0 radical (unpaired) electrons. The van der Waals surface area contributed by atoms with Gasteiger partial charge in [-0.2, -0.15) is 13.2 Å². The minimum atomic E-state index is -4.37. The Morgan fingerprint density at radius 2 is 1.50 bits per heavy atom. The Hall–Kier alpha value is -1.71. The summed E-state index contributed by atoms with van der Waals surface area (Å²) in [7, 11) is 0. The van der Waals surface area contributed by atoms with Crippen LogP contribution in [0.2, 0.25) is 0 Å². The summed E-state index contributed by atoms with van der Waals surface area (Å²) in [5.41, 5.74) is 0. The van der Waals surface area contributed by atoms with Gasteiger partial charge in [-0.05, 0) is 26.2 Å². The predicted octanol–water partition coefficient (Wildman–Crippen LogP) is 1.89. The number of alkyl halides is 3. The largest absolute Gasteiger partial charge is 0.411 e. The van der Waals surface area contributed by atoms with Crippen LogP contribution < -0.4 is 5.32 Å². The molecule has 10 heteroatoms. The van der Waals surface area contributed by atoms with E-state index in [0.29, 0.717) is 26.2 Å². The second-order valence-electron chi connectivity index (χ2n) is 6.79. The Balaban J connectivity index is 1.68. The number of nitrogens with one attached hydrogen (secondary N) is 1. The minimum Gasteiger partial charge on any atom is -0.370 e. The van der Waals surface area contributed by atoms with Crippen LogP contribution in [0.4, 0.5) is 22.8 Å². The van der Waals surface area contributed by atoms with Crippen LogP contribution in [0.3, 0.4) is 0 Å². The zero-order valence-corrected chi connectivity index (χ0v) is 15.1. The molecule has 26 heavy (non-hydrogen) atoms. The number of carbonyl (C=O) groups is 2. The summed E-state index contributed by atoms with van der Waals surface area (Å²) < 4.78 is 40.7. The van der Waals surface area contributed by atoms with Gasteiger partial charge in [-0.25, -0.2) is 9.59 Å². The van der Waals surface area contributed by atoms with Gasteiger partial charge in [-0.1, -0.05) is 0 Å². The molecule has 1 N–H and O–H groups in total. The number of amides is 4. The number of hydrogen-bond acceptors (Lipinski definition) is 3. The first-order chi connectivity index (χ1) is 12.3. The number of rotatable bonds is 4. The van der Waals surface area contributed by atoms with Gasteiger partial charge in [0.2, 0.25) is 0 Å². The molecule has 0 aliphatic carbocycles. The number of carbonyl (C=O) groups excluding carboxylic acids is 2.